The van der Waals surface area contributed by atoms with Crippen LogP contribution in [0.15, 0.2) is 11.9 Å². The van der Waals surface area contributed by atoms with Gasteiger partial charge in [-0.2, -0.15) is 4.39 Å². The lowest BCUT2D eigenvalue weighted by molar-refractivity contribution is -0.142. The van der Waals surface area contributed by atoms with Crippen LogP contribution >= 0.6 is 0 Å². The molecule has 0 rings (SSSR count). The number of halogens is 1. The number of esters is 2. The molecule has 0 aliphatic carbocycles. The molecule has 0 aromatic heterocycles. The van der Waals surface area contributed by atoms with Crippen molar-refractivity contribution < 1.29 is 23.5 Å². The lowest BCUT2D eigenvalue weighted by atomic mass is 10.3. The van der Waals surface area contributed by atoms with Gasteiger partial charge in [-0.05, 0) is 19.9 Å². The molecule has 0 spiro atoms. The Labute approximate surface area is 81.7 Å². The van der Waals surface area contributed by atoms with E-state index >= 15 is 0 Å². The predicted molar refractivity (Wildman–Crippen MR) is 47.1 cm³/mol. The molecule has 5 heteroatoms. The van der Waals surface area contributed by atoms with Gasteiger partial charge in [0.2, 0.25) is 5.83 Å². The van der Waals surface area contributed by atoms with E-state index in [9.17, 15) is 14.0 Å². The van der Waals surface area contributed by atoms with Crippen LogP contribution in [-0.4, -0.2) is 25.2 Å². The molecule has 4 nitrogen and oxygen atoms in total. The van der Waals surface area contributed by atoms with E-state index in [0.717, 1.165) is 6.08 Å². The van der Waals surface area contributed by atoms with Gasteiger partial charge in [-0.15, -0.1) is 0 Å². The smallest absolute Gasteiger partial charge is 0.366 e. The molecule has 0 saturated carbocycles. The SMILES string of the molecule is CCOC(=O)CC=C(F)C(=O)OCC. The van der Waals surface area contributed by atoms with E-state index in [1.165, 1.54) is 0 Å². The third-order valence-electron chi connectivity index (χ3n) is 1.22. The first kappa shape index (κ1) is 12.6. The molecule has 0 aromatic carbocycles. The Morgan fingerprint density at radius 2 is 1.79 bits per heavy atom. The summed E-state index contributed by atoms with van der Waals surface area (Å²) in [5.74, 6) is -2.70. The fraction of sp³-hybridized carbons (Fsp3) is 0.556. The molecule has 0 atom stereocenters. The van der Waals surface area contributed by atoms with Crippen LogP contribution in [0.1, 0.15) is 20.3 Å². The molecular formula is C9H13FO4. The molecule has 0 aromatic rings. The minimum Gasteiger partial charge on any atom is -0.466 e. The van der Waals surface area contributed by atoms with E-state index in [1.807, 2.05) is 0 Å². The zero-order valence-electron chi connectivity index (χ0n) is 8.21. The van der Waals surface area contributed by atoms with Crippen molar-refractivity contribution in [2.75, 3.05) is 13.2 Å². The van der Waals surface area contributed by atoms with Gasteiger partial charge in [-0.1, -0.05) is 0 Å². The predicted octanol–water partition coefficient (Wildman–Crippen LogP) is 1.36. The maximum absolute atomic E-state index is 12.8. The molecule has 0 fully saturated rings. The van der Waals surface area contributed by atoms with Crippen molar-refractivity contribution in [1.29, 1.82) is 0 Å². The highest BCUT2D eigenvalue weighted by Crippen LogP contribution is 2.02. The first-order valence-corrected chi connectivity index (χ1v) is 4.30. The molecule has 0 aliphatic heterocycles. The molecule has 14 heavy (non-hydrogen) atoms. The Morgan fingerprint density at radius 3 is 2.29 bits per heavy atom. The van der Waals surface area contributed by atoms with Gasteiger partial charge in [-0.3, -0.25) is 4.79 Å². The van der Waals surface area contributed by atoms with Crippen molar-refractivity contribution in [3.63, 3.8) is 0 Å². The minimum atomic E-state index is -1.07. The van der Waals surface area contributed by atoms with Crippen LogP contribution in [0, 0.1) is 0 Å². The molecule has 0 bridgehead atoms. The van der Waals surface area contributed by atoms with Gasteiger partial charge in [0.15, 0.2) is 0 Å². The van der Waals surface area contributed by atoms with Crippen molar-refractivity contribution >= 4 is 11.9 Å². The lowest BCUT2D eigenvalue weighted by Crippen LogP contribution is -2.06. The third-order valence-corrected chi connectivity index (χ3v) is 1.22. The van der Waals surface area contributed by atoms with Gasteiger partial charge in [0.05, 0.1) is 19.6 Å². The van der Waals surface area contributed by atoms with E-state index in [-0.39, 0.29) is 19.6 Å². The summed E-state index contributed by atoms with van der Waals surface area (Å²) < 4.78 is 21.7. The summed E-state index contributed by atoms with van der Waals surface area (Å²) in [5.41, 5.74) is 0. The first-order chi connectivity index (χ1) is 6.61. The van der Waals surface area contributed by atoms with E-state index < -0.39 is 17.8 Å². The first-order valence-electron chi connectivity index (χ1n) is 4.30. The molecule has 0 heterocycles. The van der Waals surface area contributed by atoms with E-state index in [4.69, 9.17) is 0 Å². The Morgan fingerprint density at radius 1 is 1.21 bits per heavy atom. The summed E-state index contributed by atoms with van der Waals surface area (Å²) in [6.45, 7) is 3.53. The van der Waals surface area contributed by atoms with Gasteiger partial charge >= 0.3 is 11.9 Å². The van der Waals surface area contributed by atoms with Crippen LogP contribution in [0.2, 0.25) is 0 Å². The fourth-order valence-corrected chi connectivity index (χ4v) is 0.676. The maximum atomic E-state index is 12.8. The normalized spacial score (nSPS) is 10.9. The Kier molecular flexibility index (Phi) is 6.36. The van der Waals surface area contributed by atoms with E-state index in [2.05, 4.69) is 9.47 Å². The number of rotatable bonds is 5. The third kappa shape index (κ3) is 5.29. The maximum Gasteiger partial charge on any atom is 0.366 e. The number of carbonyl (C=O) groups excluding carboxylic acids is 2. The Bertz CT molecular complexity index is 235. The van der Waals surface area contributed by atoms with Crippen LogP contribution in [0.4, 0.5) is 4.39 Å². The minimum absolute atomic E-state index is 0.0967. The second kappa shape index (κ2) is 7.06. The standard InChI is InChI=1S/C9H13FO4/c1-3-13-8(11)6-5-7(10)9(12)14-4-2/h5H,3-4,6H2,1-2H3. The number of carbonyl (C=O) groups is 2. The van der Waals surface area contributed by atoms with E-state index in [0.29, 0.717) is 0 Å². The summed E-state index contributed by atoms with van der Waals surface area (Å²) in [6, 6.07) is 0. The van der Waals surface area contributed by atoms with Crippen molar-refractivity contribution in [2.45, 2.75) is 20.3 Å². The Balaban J connectivity index is 3.98. The monoisotopic (exact) mass is 204 g/mol. The van der Waals surface area contributed by atoms with Crippen LogP contribution in [-0.2, 0) is 19.1 Å². The highest BCUT2D eigenvalue weighted by atomic mass is 19.1. The van der Waals surface area contributed by atoms with Gasteiger partial charge in [-0.25, -0.2) is 4.79 Å². The largest absolute Gasteiger partial charge is 0.466 e. The number of hydrogen-bond acceptors (Lipinski definition) is 4. The summed E-state index contributed by atoms with van der Waals surface area (Å²) in [4.78, 5) is 21.4. The second-order valence-electron chi connectivity index (χ2n) is 2.28. The number of ether oxygens (including phenoxy) is 2. The fourth-order valence-electron chi connectivity index (χ4n) is 0.676. The zero-order chi connectivity index (χ0) is 11.0. The molecule has 0 unspecified atom stereocenters. The summed E-state index contributed by atoms with van der Waals surface area (Å²) in [7, 11) is 0. The second-order valence-corrected chi connectivity index (χ2v) is 2.28. The topological polar surface area (TPSA) is 52.6 Å². The summed E-state index contributed by atoms with van der Waals surface area (Å²) in [5, 5.41) is 0. The summed E-state index contributed by atoms with van der Waals surface area (Å²) in [6.07, 6.45) is 0.578. The van der Waals surface area contributed by atoms with Gasteiger partial charge in [0.25, 0.3) is 0 Å². The highest BCUT2D eigenvalue weighted by molar-refractivity contribution is 5.86. The lowest BCUT2D eigenvalue weighted by Gasteiger charge is -1.99. The number of hydrogen-bond donors (Lipinski definition) is 0. The average molecular weight is 204 g/mol. The Hall–Kier alpha value is -1.39. The zero-order valence-corrected chi connectivity index (χ0v) is 8.21. The average Bonchev–Trinajstić information content (AvgIpc) is 2.15. The van der Waals surface area contributed by atoms with E-state index in [1.54, 1.807) is 13.8 Å². The molecule has 0 radical (unpaired) electrons. The molecule has 0 saturated heterocycles. The van der Waals surface area contributed by atoms with Crippen LogP contribution in [0.25, 0.3) is 0 Å². The van der Waals surface area contributed by atoms with Gasteiger partial charge in [0.1, 0.15) is 0 Å². The van der Waals surface area contributed by atoms with Crippen molar-refractivity contribution in [2.24, 2.45) is 0 Å². The van der Waals surface area contributed by atoms with Crippen molar-refractivity contribution in [3.8, 4) is 0 Å². The quantitative estimate of drug-likeness (QED) is 0.501. The van der Waals surface area contributed by atoms with Gasteiger partial charge in [0, 0.05) is 0 Å². The van der Waals surface area contributed by atoms with Crippen molar-refractivity contribution in [3.05, 3.63) is 11.9 Å². The molecule has 0 amide bonds. The summed E-state index contributed by atoms with van der Waals surface area (Å²) >= 11 is 0. The molecule has 0 aliphatic rings. The molecule has 0 N–H and O–H groups in total. The van der Waals surface area contributed by atoms with Gasteiger partial charge < -0.3 is 9.47 Å². The molecular weight excluding hydrogens is 191 g/mol. The highest BCUT2D eigenvalue weighted by Gasteiger charge is 2.10. The van der Waals surface area contributed by atoms with Crippen LogP contribution in [0.3, 0.4) is 0 Å². The van der Waals surface area contributed by atoms with Crippen LogP contribution in [0.5, 0.6) is 0 Å². The van der Waals surface area contributed by atoms with Crippen molar-refractivity contribution in [1.82, 2.24) is 0 Å². The molecule has 80 valence electrons. The van der Waals surface area contributed by atoms with Crippen LogP contribution < -0.4 is 0 Å².